The lowest BCUT2D eigenvalue weighted by Gasteiger charge is -2.08. The van der Waals surface area contributed by atoms with E-state index in [2.05, 4.69) is 15.8 Å². The quantitative estimate of drug-likeness (QED) is 0.375. The molecule has 2 amide bonds. The van der Waals surface area contributed by atoms with E-state index >= 15 is 0 Å². The highest BCUT2D eigenvalue weighted by Crippen LogP contribution is 2.27. The highest BCUT2D eigenvalue weighted by atomic mass is 35.5. The monoisotopic (exact) mass is 413 g/mol. The van der Waals surface area contributed by atoms with Crippen LogP contribution in [0, 0.1) is 0 Å². The molecule has 0 saturated carbocycles. The maximum Gasteiger partial charge on any atom is 0.259 e. The second kappa shape index (κ2) is 10.8. The standard InChI is InChI=1S/C17H17Cl2N3O3S/c18-12-5-6-15(14(19)9-12)25-7-1-4-16(23)20-11-17(24)22-21-10-13-3-2-8-26-13/h2-3,5-6,8-10H,1,4,7,11H2,(H,20,23)(H,22,24). The number of thiophene rings is 1. The van der Waals surface area contributed by atoms with Gasteiger partial charge >= 0.3 is 0 Å². The zero-order valence-corrected chi connectivity index (χ0v) is 16.0. The van der Waals surface area contributed by atoms with Gasteiger partial charge in [0.15, 0.2) is 0 Å². The van der Waals surface area contributed by atoms with Crippen LogP contribution in [0.15, 0.2) is 40.8 Å². The third-order valence-corrected chi connectivity index (χ3v) is 4.41. The van der Waals surface area contributed by atoms with Crippen LogP contribution in [-0.4, -0.2) is 31.2 Å². The fourth-order valence-corrected chi connectivity index (χ4v) is 2.89. The van der Waals surface area contributed by atoms with Crippen LogP contribution >= 0.6 is 34.5 Å². The van der Waals surface area contributed by atoms with Crippen molar-refractivity contribution in [3.05, 3.63) is 50.6 Å². The SMILES string of the molecule is O=C(CCCOc1ccc(Cl)cc1Cl)NCC(=O)NN=Cc1cccs1. The number of benzene rings is 1. The van der Waals surface area contributed by atoms with Crippen LogP contribution in [0.5, 0.6) is 5.75 Å². The normalized spacial score (nSPS) is 10.7. The molecule has 0 bridgehead atoms. The number of hydrogen-bond donors (Lipinski definition) is 2. The lowest BCUT2D eigenvalue weighted by atomic mass is 10.3. The summed E-state index contributed by atoms with van der Waals surface area (Å²) in [6, 6.07) is 8.70. The van der Waals surface area contributed by atoms with Gasteiger partial charge in [0.05, 0.1) is 24.4 Å². The summed E-state index contributed by atoms with van der Waals surface area (Å²) in [7, 11) is 0. The first-order valence-corrected chi connectivity index (χ1v) is 9.38. The molecule has 0 aliphatic rings. The van der Waals surface area contributed by atoms with E-state index in [0.717, 1.165) is 4.88 Å². The van der Waals surface area contributed by atoms with Gasteiger partial charge in [0.25, 0.3) is 5.91 Å². The first-order valence-electron chi connectivity index (χ1n) is 7.74. The Balaban J connectivity index is 1.57. The van der Waals surface area contributed by atoms with E-state index in [1.54, 1.807) is 24.4 Å². The molecule has 6 nitrogen and oxygen atoms in total. The maximum absolute atomic E-state index is 11.7. The van der Waals surface area contributed by atoms with Crippen LogP contribution in [-0.2, 0) is 9.59 Å². The van der Waals surface area contributed by atoms with Gasteiger partial charge in [-0.1, -0.05) is 29.3 Å². The van der Waals surface area contributed by atoms with Gasteiger partial charge < -0.3 is 10.1 Å². The molecule has 0 fully saturated rings. The third kappa shape index (κ3) is 7.43. The maximum atomic E-state index is 11.7. The van der Waals surface area contributed by atoms with E-state index in [9.17, 15) is 9.59 Å². The largest absolute Gasteiger partial charge is 0.492 e. The van der Waals surface area contributed by atoms with Crippen molar-refractivity contribution in [1.82, 2.24) is 10.7 Å². The Bertz CT molecular complexity index is 767. The van der Waals surface area contributed by atoms with Crippen molar-refractivity contribution in [2.75, 3.05) is 13.2 Å². The fourth-order valence-electron chi connectivity index (χ4n) is 1.85. The second-order valence-corrected chi connectivity index (χ2v) is 6.93. The smallest absolute Gasteiger partial charge is 0.259 e. The minimum Gasteiger partial charge on any atom is -0.492 e. The van der Waals surface area contributed by atoms with E-state index in [1.165, 1.54) is 11.3 Å². The second-order valence-electron chi connectivity index (χ2n) is 5.11. The summed E-state index contributed by atoms with van der Waals surface area (Å²) in [5.74, 6) is -0.122. The van der Waals surface area contributed by atoms with Gasteiger partial charge in [-0.25, -0.2) is 5.43 Å². The van der Waals surface area contributed by atoms with Crippen LogP contribution in [0.4, 0.5) is 0 Å². The summed E-state index contributed by atoms with van der Waals surface area (Å²) in [5.41, 5.74) is 2.35. The summed E-state index contributed by atoms with van der Waals surface area (Å²) >= 11 is 13.3. The first-order chi connectivity index (χ1) is 12.5. The van der Waals surface area contributed by atoms with Crippen molar-refractivity contribution in [1.29, 1.82) is 0 Å². The zero-order chi connectivity index (χ0) is 18.8. The van der Waals surface area contributed by atoms with Crippen LogP contribution < -0.4 is 15.5 Å². The number of amides is 2. The molecule has 2 N–H and O–H groups in total. The number of ether oxygens (including phenoxy) is 1. The van der Waals surface area contributed by atoms with E-state index in [0.29, 0.717) is 28.8 Å². The van der Waals surface area contributed by atoms with Crippen molar-refractivity contribution in [3.63, 3.8) is 0 Å². The van der Waals surface area contributed by atoms with Gasteiger partial charge in [-0.3, -0.25) is 9.59 Å². The van der Waals surface area contributed by atoms with E-state index in [-0.39, 0.29) is 18.9 Å². The summed E-state index contributed by atoms with van der Waals surface area (Å²) in [6.07, 6.45) is 2.27. The number of halogens is 2. The minimum absolute atomic E-state index is 0.134. The van der Waals surface area contributed by atoms with Crippen molar-refractivity contribution >= 4 is 52.6 Å². The molecule has 0 spiro atoms. The number of carbonyl (C=O) groups is 2. The summed E-state index contributed by atoms with van der Waals surface area (Å²) in [4.78, 5) is 24.2. The lowest BCUT2D eigenvalue weighted by Crippen LogP contribution is -2.34. The summed E-state index contributed by atoms with van der Waals surface area (Å²) in [5, 5.41) is 9.19. The Labute approximate surface area is 165 Å². The van der Waals surface area contributed by atoms with Gasteiger partial charge in [0.1, 0.15) is 5.75 Å². The molecule has 0 radical (unpaired) electrons. The molecule has 138 valence electrons. The van der Waals surface area contributed by atoms with Crippen molar-refractivity contribution in [3.8, 4) is 5.75 Å². The molecule has 9 heteroatoms. The van der Waals surface area contributed by atoms with Crippen LogP contribution in [0.2, 0.25) is 10.0 Å². The molecule has 26 heavy (non-hydrogen) atoms. The molecule has 0 atom stereocenters. The van der Waals surface area contributed by atoms with Gasteiger partial charge in [0, 0.05) is 16.3 Å². The van der Waals surface area contributed by atoms with Crippen LogP contribution in [0.1, 0.15) is 17.7 Å². The molecule has 1 heterocycles. The van der Waals surface area contributed by atoms with Crippen molar-refractivity contribution in [2.24, 2.45) is 5.10 Å². The molecule has 0 aliphatic carbocycles. The van der Waals surface area contributed by atoms with E-state index < -0.39 is 5.91 Å². The number of hydrazone groups is 1. The lowest BCUT2D eigenvalue weighted by molar-refractivity contribution is -0.126. The van der Waals surface area contributed by atoms with Crippen LogP contribution in [0.3, 0.4) is 0 Å². The Morgan fingerprint density at radius 1 is 1.23 bits per heavy atom. The predicted molar refractivity (Wildman–Crippen MR) is 104 cm³/mol. The number of nitrogens with zero attached hydrogens (tertiary/aromatic N) is 1. The first kappa shape index (κ1) is 20.2. The number of rotatable bonds is 9. The molecular weight excluding hydrogens is 397 g/mol. The molecule has 1 aromatic heterocycles. The molecule has 0 unspecified atom stereocenters. The Kier molecular flexibility index (Phi) is 8.40. The molecule has 0 aliphatic heterocycles. The van der Waals surface area contributed by atoms with E-state index in [4.69, 9.17) is 27.9 Å². The molecule has 0 saturated heterocycles. The average Bonchev–Trinajstić information content (AvgIpc) is 3.12. The van der Waals surface area contributed by atoms with Gasteiger partial charge in [-0.15, -0.1) is 11.3 Å². The van der Waals surface area contributed by atoms with Crippen LogP contribution in [0.25, 0.3) is 0 Å². The topological polar surface area (TPSA) is 79.8 Å². The van der Waals surface area contributed by atoms with Gasteiger partial charge in [-0.2, -0.15) is 5.10 Å². The number of carbonyl (C=O) groups excluding carboxylic acids is 2. The number of nitrogens with one attached hydrogen (secondary N) is 2. The van der Waals surface area contributed by atoms with Gasteiger partial charge in [0.2, 0.25) is 5.91 Å². The molecule has 1 aromatic carbocycles. The average molecular weight is 414 g/mol. The Morgan fingerprint density at radius 2 is 2.08 bits per heavy atom. The molecule has 2 aromatic rings. The van der Waals surface area contributed by atoms with Gasteiger partial charge in [-0.05, 0) is 36.1 Å². The van der Waals surface area contributed by atoms with Crippen molar-refractivity contribution < 1.29 is 14.3 Å². The van der Waals surface area contributed by atoms with E-state index in [1.807, 2.05) is 17.5 Å². The highest BCUT2D eigenvalue weighted by Gasteiger charge is 2.06. The molecular formula is C17H17Cl2N3O3S. The summed E-state index contributed by atoms with van der Waals surface area (Å²) in [6.45, 7) is 0.191. The molecule has 2 rings (SSSR count). The summed E-state index contributed by atoms with van der Waals surface area (Å²) < 4.78 is 5.49. The predicted octanol–water partition coefficient (Wildman–Crippen LogP) is 3.48. The van der Waals surface area contributed by atoms with Crippen molar-refractivity contribution in [2.45, 2.75) is 12.8 Å². The Morgan fingerprint density at radius 3 is 2.81 bits per heavy atom. The number of hydrogen-bond acceptors (Lipinski definition) is 5. The fraction of sp³-hybridized carbons (Fsp3) is 0.235. The Hall–Kier alpha value is -2.09. The third-order valence-electron chi connectivity index (χ3n) is 3.07. The zero-order valence-electron chi connectivity index (χ0n) is 13.7. The minimum atomic E-state index is -0.393. The highest BCUT2D eigenvalue weighted by molar-refractivity contribution is 7.11.